The van der Waals surface area contributed by atoms with Crippen LogP contribution in [-0.4, -0.2) is 35.1 Å². The Labute approximate surface area is 96.1 Å². The van der Waals surface area contributed by atoms with Crippen molar-refractivity contribution < 1.29 is 0 Å². The molecule has 2 fully saturated rings. The Bertz CT molecular complexity index is 330. The summed E-state index contributed by atoms with van der Waals surface area (Å²) < 4.78 is 0. The summed E-state index contributed by atoms with van der Waals surface area (Å²) in [5.74, 6) is 0.902. The molecule has 4 nitrogen and oxygen atoms in total. The van der Waals surface area contributed by atoms with Crippen molar-refractivity contribution in [1.82, 2.24) is 15.3 Å². The van der Waals surface area contributed by atoms with E-state index in [1.165, 1.54) is 32.2 Å². The fourth-order valence-corrected chi connectivity index (χ4v) is 2.37. The van der Waals surface area contributed by atoms with E-state index in [9.17, 15) is 0 Å². The van der Waals surface area contributed by atoms with Crippen LogP contribution >= 0.6 is 0 Å². The van der Waals surface area contributed by atoms with Gasteiger partial charge in [-0.25, -0.2) is 9.97 Å². The van der Waals surface area contributed by atoms with Gasteiger partial charge in [0.1, 0.15) is 0 Å². The van der Waals surface area contributed by atoms with Gasteiger partial charge >= 0.3 is 0 Å². The summed E-state index contributed by atoms with van der Waals surface area (Å²) in [5.41, 5.74) is 0. The molecule has 0 aromatic carbocycles. The zero-order valence-electron chi connectivity index (χ0n) is 9.47. The number of aromatic nitrogens is 2. The lowest BCUT2D eigenvalue weighted by molar-refractivity contribution is 0.571. The van der Waals surface area contributed by atoms with Crippen LogP contribution in [0, 0.1) is 0 Å². The first-order valence-corrected chi connectivity index (χ1v) is 6.20. The average molecular weight is 218 g/mol. The molecule has 1 aromatic heterocycles. The third-order valence-electron chi connectivity index (χ3n) is 3.38. The number of hydrogen-bond acceptors (Lipinski definition) is 4. The molecule has 1 N–H and O–H groups in total. The van der Waals surface area contributed by atoms with E-state index in [4.69, 9.17) is 0 Å². The van der Waals surface area contributed by atoms with Crippen LogP contribution in [-0.2, 0) is 0 Å². The first-order chi connectivity index (χ1) is 7.93. The fraction of sp³-hybridized carbons (Fsp3) is 0.667. The Hall–Kier alpha value is -1.16. The molecule has 1 aromatic rings. The van der Waals surface area contributed by atoms with Crippen LogP contribution in [0.4, 0.5) is 5.95 Å². The highest BCUT2D eigenvalue weighted by Gasteiger charge is 2.32. The van der Waals surface area contributed by atoms with E-state index in [0.29, 0.717) is 12.1 Å². The molecule has 1 atom stereocenters. The predicted octanol–water partition coefficient (Wildman–Crippen LogP) is 1.20. The molecule has 3 rings (SSSR count). The number of nitrogens with zero attached hydrogens (tertiary/aromatic N) is 3. The van der Waals surface area contributed by atoms with Crippen molar-refractivity contribution in [3.63, 3.8) is 0 Å². The monoisotopic (exact) mass is 218 g/mol. The Balaban J connectivity index is 1.71. The normalized spacial score (nSPS) is 24.6. The lowest BCUT2D eigenvalue weighted by Crippen LogP contribution is -2.39. The summed E-state index contributed by atoms with van der Waals surface area (Å²) in [6.07, 6.45) is 8.85. The zero-order chi connectivity index (χ0) is 10.8. The molecule has 16 heavy (non-hydrogen) atoms. The van der Waals surface area contributed by atoms with Crippen molar-refractivity contribution in [1.29, 1.82) is 0 Å². The van der Waals surface area contributed by atoms with Crippen molar-refractivity contribution in [3.05, 3.63) is 18.5 Å². The van der Waals surface area contributed by atoms with Crippen LogP contribution in [0.25, 0.3) is 0 Å². The number of nitrogens with one attached hydrogen (secondary N) is 1. The average Bonchev–Trinajstić information content (AvgIpc) is 3.05. The van der Waals surface area contributed by atoms with Crippen molar-refractivity contribution in [2.24, 2.45) is 0 Å². The number of rotatable bonds is 4. The van der Waals surface area contributed by atoms with E-state index >= 15 is 0 Å². The molecule has 0 radical (unpaired) electrons. The van der Waals surface area contributed by atoms with Crippen LogP contribution in [0.5, 0.6) is 0 Å². The van der Waals surface area contributed by atoms with Gasteiger partial charge in [0.2, 0.25) is 5.95 Å². The summed E-state index contributed by atoms with van der Waals surface area (Å²) in [6, 6.07) is 3.19. The second-order valence-electron chi connectivity index (χ2n) is 4.73. The summed E-state index contributed by atoms with van der Waals surface area (Å²) in [6.45, 7) is 2.23. The molecule has 4 heteroatoms. The highest BCUT2D eigenvalue weighted by molar-refractivity contribution is 5.33. The summed E-state index contributed by atoms with van der Waals surface area (Å²) in [7, 11) is 0. The van der Waals surface area contributed by atoms with Gasteiger partial charge in [0.25, 0.3) is 0 Å². The highest BCUT2D eigenvalue weighted by atomic mass is 15.3. The van der Waals surface area contributed by atoms with E-state index in [0.717, 1.165) is 12.5 Å². The first-order valence-electron chi connectivity index (χ1n) is 6.20. The Morgan fingerprint density at radius 2 is 2.06 bits per heavy atom. The number of anilines is 1. The molecular formula is C12H18N4. The van der Waals surface area contributed by atoms with Crippen LogP contribution in [0.3, 0.4) is 0 Å². The maximum Gasteiger partial charge on any atom is 0.225 e. The second-order valence-corrected chi connectivity index (χ2v) is 4.73. The first kappa shape index (κ1) is 10.0. The Kier molecular flexibility index (Phi) is 2.74. The van der Waals surface area contributed by atoms with E-state index in [-0.39, 0.29) is 0 Å². The van der Waals surface area contributed by atoms with Gasteiger partial charge in [-0.1, -0.05) is 0 Å². The van der Waals surface area contributed by atoms with Gasteiger partial charge in [0.05, 0.1) is 0 Å². The topological polar surface area (TPSA) is 41.1 Å². The van der Waals surface area contributed by atoms with Gasteiger partial charge < -0.3 is 10.2 Å². The van der Waals surface area contributed by atoms with Crippen molar-refractivity contribution in [2.45, 2.75) is 37.8 Å². The second kappa shape index (κ2) is 4.37. The maximum atomic E-state index is 4.37. The van der Waals surface area contributed by atoms with Gasteiger partial charge in [-0.05, 0) is 38.3 Å². The summed E-state index contributed by atoms with van der Waals surface area (Å²) in [5, 5.41) is 3.54. The lowest BCUT2D eigenvalue weighted by atomic mass is 10.2. The molecule has 0 amide bonds. The zero-order valence-corrected chi connectivity index (χ0v) is 9.47. The van der Waals surface area contributed by atoms with Gasteiger partial charge in [-0.15, -0.1) is 0 Å². The molecular weight excluding hydrogens is 200 g/mol. The third kappa shape index (κ3) is 2.16. The van der Waals surface area contributed by atoms with E-state index in [1.54, 1.807) is 0 Å². The van der Waals surface area contributed by atoms with Gasteiger partial charge in [-0.3, -0.25) is 0 Å². The molecule has 86 valence electrons. The molecule has 1 unspecified atom stereocenters. The molecule has 1 saturated heterocycles. The van der Waals surface area contributed by atoms with Gasteiger partial charge in [0, 0.05) is 31.0 Å². The van der Waals surface area contributed by atoms with Crippen LogP contribution in [0.2, 0.25) is 0 Å². The van der Waals surface area contributed by atoms with Crippen molar-refractivity contribution >= 4 is 5.95 Å². The van der Waals surface area contributed by atoms with Gasteiger partial charge in [-0.2, -0.15) is 0 Å². The van der Waals surface area contributed by atoms with E-state index in [1.807, 2.05) is 18.5 Å². The molecule has 2 aliphatic rings. The Morgan fingerprint density at radius 1 is 1.25 bits per heavy atom. The minimum Gasteiger partial charge on any atom is -0.336 e. The van der Waals surface area contributed by atoms with Crippen LogP contribution in [0.1, 0.15) is 25.7 Å². The quantitative estimate of drug-likeness (QED) is 0.824. The third-order valence-corrected chi connectivity index (χ3v) is 3.38. The van der Waals surface area contributed by atoms with E-state index in [2.05, 4.69) is 20.2 Å². The molecule has 1 saturated carbocycles. The molecule has 0 spiro atoms. The minimum absolute atomic E-state index is 0.629. The smallest absolute Gasteiger partial charge is 0.225 e. The predicted molar refractivity (Wildman–Crippen MR) is 63.4 cm³/mol. The molecule has 0 bridgehead atoms. The molecule has 1 aliphatic carbocycles. The van der Waals surface area contributed by atoms with Gasteiger partial charge in [0.15, 0.2) is 0 Å². The summed E-state index contributed by atoms with van der Waals surface area (Å²) >= 11 is 0. The van der Waals surface area contributed by atoms with Crippen molar-refractivity contribution in [3.8, 4) is 0 Å². The standard InChI is InChI=1S/C12H18N4/c1-3-10(13-6-1)9-16(11-4-5-11)12-14-7-2-8-15-12/h2,7-8,10-11,13H,1,3-6,9H2. The largest absolute Gasteiger partial charge is 0.336 e. The summed E-state index contributed by atoms with van der Waals surface area (Å²) in [4.78, 5) is 11.1. The maximum absolute atomic E-state index is 4.37. The lowest BCUT2D eigenvalue weighted by Gasteiger charge is -2.25. The number of hydrogen-bond donors (Lipinski definition) is 1. The van der Waals surface area contributed by atoms with E-state index < -0.39 is 0 Å². The molecule has 1 aliphatic heterocycles. The molecule has 2 heterocycles. The highest BCUT2D eigenvalue weighted by Crippen LogP contribution is 2.30. The Morgan fingerprint density at radius 3 is 2.69 bits per heavy atom. The van der Waals surface area contributed by atoms with Crippen LogP contribution < -0.4 is 10.2 Å². The fourth-order valence-electron chi connectivity index (χ4n) is 2.37. The SMILES string of the molecule is c1cnc(N(CC2CCCN2)C2CC2)nc1. The minimum atomic E-state index is 0.629. The van der Waals surface area contributed by atoms with Crippen LogP contribution in [0.15, 0.2) is 18.5 Å². The van der Waals surface area contributed by atoms with Crippen molar-refractivity contribution in [2.75, 3.05) is 18.0 Å².